The van der Waals surface area contributed by atoms with E-state index in [4.69, 9.17) is 0 Å². The minimum absolute atomic E-state index is 1.28. The highest BCUT2D eigenvalue weighted by molar-refractivity contribution is 5.36. The predicted octanol–water partition coefficient (Wildman–Crippen LogP) is 0.157. The fraction of sp³-hybridized carbons (Fsp3) is 0.333. The van der Waals surface area contributed by atoms with Crippen LogP contribution < -0.4 is 0 Å². The summed E-state index contributed by atoms with van der Waals surface area (Å²) in [6, 6.07) is 0. The van der Waals surface area contributed by atoms with Crippen LogP contribution in [0.15, 0.2) is 11.9 Å². The van der Waals surface area contributed by atoms with Crippen LogP contribution in [0.5, 0.6) is 0 Å². The Balaban J connectivity index is 2.85. The Morgan fingerprint density at radius 2 is 2.25 bits per heavy atom. The minimum Gasteiger partial charge on any atom is -0.341 e. The molecule has 0 aromatic carbocycles. The first-order valence-corrected chi connectivity index (χ1v) is 1.44. The van der Waals surface area contributed by atoms with Crippen molar-refractivity contribution < 1.29 is 0 Å². The van der Waals surface area contributed by atoms with Gasteiger partial charge in [-0.15, -0.1) is 0 Å². The molecule has 0 unspecified atom stereocenters. The van der Waals surface area contributed by atoms with E-state index < -0.39 is 0 Å². The van der Waals surface area contributed by atoms with Crippen molar-refractivity contribution in [3.63, 3.8) is 0 Å². The molecular formula is C3H3N. The number of rotatable bonds is 0. The van der Waals surface area contributed by atoms with Crippen LogP contribution in [0.1, 0.15) is 0 Å². The molecule has 0 amide bonds. The van der Waals surface area contributed by atoms with Gasteiger partial charge in [0.1, 0.15) is 0 Å². The molecular weight excluding hydrogens is 50.0 g/mol. The molecule has 0 saturated carbocycles. The van der Waals surface area contributed by atoms with Gasteiger partial charge in [-0.1, -0.05) is 0 Å². The number of nitrogens with zero attached hydrogens (tertiary/aromatic N) is 1. The molecule has 2 rings (SSSR count). The van der Waals surface area contributed by atoms with Gasteiger partial charge in [-0.05, 0) is 0 Å². The lowest BCUT2D eigenvalue weighted by Crippen LogP contribution is -1.61. The Morgan fingerprint density at radius 3 is 2.25 bits per heavy atom. The summed E-state index contributed by atoms with van der Waals surface area (Å²) in [6.45, 7) is 1.28. The molecule has 0 N–H and O–H groups in total. The van der Waals surface area contributed by atoms with Crippen LogP contribution in [0.25, 0.3) is 0 Å². The molecule has 0 radical (unpaired) electrons. The predicted molar refractivity (Wildman–Crippen MR) is 14.8 cm³/mol. The van der Waals surface area contributed by atoms with E-state index in [-0.39, 0.29) is 0 Å². The smallest absolute Gasteiger partial charge is 0.0642 e. The minimum atomic E-state index is 1.28. The molecule has 0 aromatic heterocycles. The zero-order chi connectivity index (χ0) is 2.57. The van der Waals surface area contributed by atoms with Crippen LogP contribution >= 0.6 is 0 Å². The molecule has 20 valence electrons. The van der Waals surface area contributed by atoms with Gasteiger partial charge in [-0.3, -0.25) is 0 Å². The Hall–Kier alpha value is -0.460. The molecule has 4 heavy (non-hydrogen) atoms. The van der Waals surface area contributed by atoms with Gasteiger partial charge in [0, 0.05) is 6.20 Å². The highest BCUT2D eigenvalue weighted by Gasteiger charge is 2.36. The van der Waals surface area contributed by atoms with Crippen LogP contribution in [0.3, 0.4) is 0 Å². The van der Waals surface area contributed by atoms with Gasteiger partial charge in [0.2, 0.25) is 0 Å². The molecule has 2 aliphatic heterocycles. The normalized spacial score (nSPS) is 28.0. The van der Waals surface area contributed by atoms with E-state index >= 15 is 0 Å². The summed E-state index contributed by atoms with van der Waals surface area (Å²) in [5.41, 5.74) is 1.54. The molecule has 1 saturated heterocycles. The summed E-state index contributed by atoms with van der Waals surface area (Å²) >= 11 is 0. The summed E-state index contributed by atoms with van der Waals surface area (Å²) in [5.74, 6) is 0. The van der Waals surface area contributed by atoms with Crippen LogP contribution in [0.2, 0.25) is 0 Å². The van der Waals surface area contributed by atoms with Gasteiger partial charge in [-0.25, -0.2) is 0 Å². The van der Waals surface area contributed by atoms with Crippen LogP contribution in [-0.4, -0.2) is 11.4 Å². The van der Waals surface area contributed by atoms with Crippen LogP contribution in [-0.2, 0) is 0 Å². The summed E-state index contributed by atoms with van der Waals surface area (Å²) in [4.78, 5) is 2.21. The second-order valence-electron chi connectivity index (χ2n) is 1.25. The van der Waals surface area contributed by atoms with Crippen molar-refractivity contribution in [2.45, 2.75) is 0 Å². The molecule has 2 heterocycles. The topological polar surface area (TPSA) is 3.01 Å². The summed E-state index contributed by atoms with van der Waals surface area (Å²) in [7, 11) is 0. The van der Waals surface area contributed by atoms with Crippen molar-refractivity contribution >= 4 is 0 Å². The fourth-order valence-corrected chi connectivity index (χ4v) is 0.264. The van der Waals surface area contributed by atoms with Crippen LogP contribution in [0, 0.1) is 0 Å². The Bertz CT molecular complexity index is 83.3. The first kappa shape index (κ1) is 1.11. The van der Waals surface area contributed by atoms with Gasteiger partial charge in [0.05, 0.1) is 12.2 Å². The molecule has 0 aliphatic carbocycles. The SMILES string of the molecule is C1=C2CN12. The second kappa shape index (κ2) is 0.106. The van der Waals surface area contributed by atoms with Gasteiger partial charge < -0.3 is 4.90 Å². The first-order chi connectivity index (χ1) is 1.97. The monoisotopic (exact) mass is 53.0 g/mol. The standard InChI is InChI=1S/C3H3N/c1-3-2-4(1)3/h1H,2H2. The van der Waals surface area contributed by atoms with Gasteiger partial charge in [0.15, 0.2) is 0 Å². The molecule has 0 aromatic rings. The molecule has 1 heteroatoms. The van der Waals surface area contributed by atoms with E-state index in [2.05, 4.69) is 11.1 Å². The third-order valence-corrected chi connectivity index (χ3v) is 0.835. The van der Waals surface area contributed by atoms with Crippen molar-refractivity contribution in [1.29, 1.82) is 0 Å². The lowest BCUT2D eigenvalue weighted by atomic mass is 10.7. The average molecular weight is 53.1 g/mol. The lowest BCUT2D eigenvalue weighted by Gasteiger charge is -1.58. The third-order valence-electron chi connectivity index (χ3n) is 0.835. The second-order valence-corrected chi connectivity index (χ2v) is 1.25. The summed E-state index contributed by atoms with van der Waals surface area (Å²) < 4.78 is 0. The maximum absolute atomic E-state index is 2.21. The van der Waals surface area contributed by atoms with E-state index in [1.165, 1.54) is 6.54 Å². The number of hydrogen-bond donors (Lipinski definition) is 0. The lowest BCUT2D eigenvalue weighted by molar-refractivity contribution is 0.898. The van der Waals surface area contributed by atoms with Crippen LogP contribution in [0.4, 0.5) is 0 Å². The molecule has 0 spiro atoms. The highest BCUT2D eigenvalue weighted by Crippen LogP contribution is 2.36. The van der Waals surface area contributed by atoms with Crippen molar-refractivity contribution in [2.24, 2.45) is 0 Å². The van der Waals surface area contributed by atoms with Gasteiger partial charge in [0.25, 0.3) is 0 Å². The molecule has 0 bridgehead atoms. The van der Waals surface area contributed by atoms with E-state index in [1.54, 1.807) is 5.70 Å². The number of hydrogen-bond acceptors (Lipinski definition) is 1. The Labute approximate surface area is 24.5 Å². The van der Waals surface area contributed by atoms with Crippen molar-refractivity contribution in [3.05, 3.63) is 11.9 Å². The Kier molecular flexibility index (Phi) is 0.0294. The van der Waals surface area contributed by atoms with E-state index in [0.717, 1.165) is 0 Å². The third kappa shape index (κ3) is 0.00790. The zero-order valence-electron chi connectivity index (χ0n) is 2.23. The maximum atomic E-state index is 2.21. The van der Waals surface area contributed by atoms with Gasteiger partial charge >= 0.3 is 0 Å². The number of fused-ring (bicyclic) bond motifs is 1. The first-order valence-electron chi connectivity index (χ1n) is 1.44. The van der Waals surface area contributed by atoms with E-state index in [1.807, 2.05) is 0 Å². The molecule has 2 aliphatic rings. The maximum Gasteiger partial charge on any atom is 0.0642 e. The van der Waals surface area contributed by atoms with E-state index in [9.17, 15) is 0 Å². The molecule has 0 atom stereocenters. The zero-order valence-corrected chi connectivity index (χ0v) is 2.23. The molecule has 1 nitrogen and oxygen atoms in total. The highest BCUT2D eigenvalue weighted by atomic mass is 15.4. The average Bonchev–Trinajstić information content (AvgIpc) is 1.36. The van der Waals surface area contributed by atoms with Gasteiger partial charge in [-0.2, -0.15) is 0 Å². The Morgan fingerprint density at radius 1 is 2.00 bits per heavy atom. The van der Waals surface area contributed by atoms with Crippen molar-refractivity contribution in [2.75, 3.05) is 6.54 Å². The van der Waals surface area contributed by atoms with Crippen molar-refractivity contribution in [3.8, 4) is 0 Å². The summed E-state index contributed by atoms with van der Waals surface area (Å²) in [6.07, 6.45) is 2.14. The van der Waals surface area contributed by atoms with Crippen molar-refractivity contribution in [1.82, 2.24) is 4.90 Å². The summed E-state index contributed by atoms with van der Waals surface area (Å²) in [5, 5.41) is 0. The van der Waals surface area contributed by atoms with E-state index in [0.29, 0.717) is 0 Å². The quantitative estimate of drug-likeness (QED) is 0.355. The largest absolute Gasteiger partial charge is 0.341 e. The molecule has 1 fully saturated rings. The fourth-order valence-electron chi connectivity index (χ4n) is 0.264.